The van der Waals surface area contributed by atoms with Crippen molar-refractivity contribution in [2.45, 2.75) is 19.1 Å². The van der Waals surface area contributed by atoms with Gasteiger partial charge in [-0.1, -0.05) is 0 Å². The van der Waals surface area contributed by atoms with Crippen LogP contribution in [0.5, 0.6) is 0 Å². The first kappa shape index (κ1) is 27.4. The van der Waals surface area contributed by atoms with Crippen LogP contribution in [0.1, 0.15) is 19.1 Å². The fraction of sp³-hybridized carbons (Fsp3) is 0.636. The maximum Gasteiger partial charge on any atom is 0.490 e. The molecule has 4 atom stereocenters. The molecule has 15 nitrogen and oxygen atoms in total. The van der Waals surface area contributed by atoms with Gasteiger partial charge in [0.05, 0.1) is 6.61 Å². The largest absolute Gasteiger partial charge is 0.490 e. The Bertz CT molecular complexity index is 907. The Morgan fingerprint density at radius 2 is 1.80 bits per heavy atom. The maximum absolute atomic E-state index is 11.8. The van der Waals surface area contributed by atoms with Crippen molar-refractivity contribution in [1.29, 1.82) is 0 Å². The average molecular weight is 513 g/mol. The summed E-state index contributed by atoms with van der Waals surface area (Å²) in [5.74, 6) is -0.117. The van der Waals surface area contributed by atoms with Gasteiger partial charge in [-0.2, -0.15) is 25.4 Å². The number of hydrogen-bond acceptors (Lipinski definition) is 11. The molecule has 1 heterocycles. The van der Waals surface area contributed by atoms with E-state index in [1.54, 1.807) is 6.26 Å². The van der Waals surface area contributed by atoms with E-state index in [4.69, 9.17) is 20.4 Å². The molecule has 0 spiro atoms. The van der Waals surface area contributed by atoms with E-state index in [0.29, 0.717) is 5.75 Å². The minimum absolute atomic E-state index is 0.0142. The number of nitrogens with two attached hydrogens (primary N) is 1. The van der Waals surface area contributed by atoms with E-state index in [9.17, 15) is 28.5 Å². The number of phosphoric ester groups is 1. The first-order valence-electron chi connectivity index (χ1n) is 7.94. The standard InChI is InChI=1S/C11H22N3O12P3S/c1-30-7-8(2-3-10(15)14-5-4-9(12)13-11(14)16)6-24-28(20,21)26-29(22,23)25-27(17,18)19/h4-5,8,10,15H,2-3,6-7H2,1H3,(H,20,21)(H,22,23)(H2,12,13,16)(H2,17,18,19)/t8-,10-/m1/s1. The van der Waals surface area contributed by atoms with Gasteiger partial charge < -0.3 is 30.4 Å². The van der Waals surface area contributed by atoms with Crippen molar-refractivity contribution >= 4 is 41.0 Å². The van der Waals surface area contributed by atoms with Crippen molar-refractivity contribution in [3.63, 3.8) is 0 Å². The van der Waals surface area contributed by atoms with Crippen LogP contribution in [0, 0.1) is 5.92 Å². The third-order valence-electron chi connectivity index (χ3n) is 3.30. The van der Waals surface area contributed by atoms with Gasteiger partial charge in [-0.15, -0.1) is 0 Å². The molecular formula is C11H22N3O12P3S. The van der Waals surface area contributed by atoms with Crippen LogP contribution in [0.15, 0.2) is 17.1 Å². The minimum Gasteiger partial charge on any atom is -0.383 e. The van der Waals surface area contributed by atoms with E-state index in [-0.39, 0.29) is 18.7 Å². The minimum atomic E-state index is -5.59. The van der Waals surface area contributed by atoms with Crippen LogP contribution in [0.25, 0.3) is 0 Å². The highest BCUT2D eigenvalue weighted by atomic mass is 32.2. The van der Waals surface area contributed by atoms with Crippen LogP contribution in [0.3, 0.4) is 0 Å². The molecule has 1 aromatic heterocycles. The molecule has 2 unspecified atom stereocenters. The summed E-state index contributed by atoms with van der Waals surface area (Å²) in [4.78, 5) is 50.8. The Balaban J connectivity index is 2.68. The molecule has 0 aromatic carbocycles. The van der Waals surface area contributed by atoms with E-state index >= 15 is 0 Å². The summed E-state index contributed by atoms with van der Waals surface area (Å²) >= 11 is 1.33. The Labute approximate surface area is 174 Å². The number of rotatable bonds is 13. The molecule has 0 saturated carbocycles. The van der Waals surface area contributed by atoms with Crippen LogP contribution < -0.4 is 11.4 Å². The second-order valence-electron chi connectivity index (χ2n) is 5.81. The molecule has 0 saturated heterocycles. The molecule has 0 aliphatic rings. The van der Waals surface area contributed by atoms with Gasteiger partial charge in [-0.3, -0.25) is 9.09 Å². The summed E-state index contributed by atoms with van der Waals surface area (Å²) in [6.45, 7) is -0.480. The zero-order valence-electron chi connectivity index (χ0n) is 15.5. The van der Waals surface area contributed by atoms with Crippen molar-refractivity contribution in [2.24, 2.45) is 5.92 Å². The molecule has 7 N–H and O–H groups in total. The van der Waals surface area contributed by atoms with Crippen molar-refractivity contribution in [1.82, 2.24) is 9.55 Å². The summed E-state index contributed by atoms with van der Waals surface area (Å²) in [6.07, 6.45) is 1.93. The van der Waals surface area contributed by atoms with Crippen molar-refractivity contribution in [3.05, 3.63) is 22.7 Å². The number of aliphatic hydroxyl groups is 1. The molecule has 174 valence electrons. The zero-order chi connectivity index (χ0) is 23.2. The average Bonchev–Trinajstić information content (AvgIpc) is 2.53. The summed E-state index contributed by atoms with van der Waals surface area (Å²) in [5.41, 5.74) is 4.60. The molecule has 0 bridgehead atoms. The molecule has 1 aromatic rings. The third kappa shape index (κ3) is 10.6. The Morgan fingerprint density at radius 1 is 1.17 bits per heavy atom. The van der Waals surface area contributed by atoms with Gasteiger partial charge in [0.15, 0.2) is 0 Å². The SMILES string of the molecule is CSC[C@H](CC[C@@H](O)n1ccc(N)nc1=O)COP(=O)(O)OP(=O)(O)OP(=O)(O)O. The molecule has 0 fully saturated rings. The molecular weight excluding hydrogens is 491 g/mol. The number of nitrogen functional groups attached to an aromatic ring is 1. The highest BCUT2D eigenvalue weighted by molar-refractivity contribution is 7.98. The number of aromatic nitrogens is 2. The van der Waals surface area contributed by atoms with Crippen LogP contribution in [-0.4, -0.2) is 52.8 Å². The van der Waals surface area contributed by atoms with Gasteiger partial charge >= 0.3 is 29.2 Å². The molecule has 0 aliphatic carbocycles. The molecule has 30 heavy (non-hydrogen) atoms. The highest BCUT2D eigenvalue weighted by Crippen LogP contribution is 2.66. The fourth-order valence-corrected chi connectivity index (χ4v) is 5.96. The lowest BCUT2D eigenvalue weighted by molar-refractivity contribution is 0.0777. The van der Waals surface area contributed by atoms with Crippen LogP contribution in [0.4, 0.5) is 5.82 Å². The first-order chi connectivity index (χ1) is 13.6. The van der Waals surface area contributed by atoms with Gasteiger partial charge in [-0.25, -0.2) is 18.5 Å². The molecule has 19 heteroatoms. The Kier molecular flexibility index (Phi) is 10.4. The van der Waals surface area contributed by atoms with E-state index < -0.39 is 47.9 Å². The Hall–Kier alpha value is -0.600. The van der Waals surface area contributed by atoms with Gasteiger partial charge in [0.2, 0.25) is 0 Å². The van der Waals surface area contributed by atoms with Gasteiger partial charge in [0, 0.05) is 6.20 Å². The van der Waals surface area contributed by atoms with Crippen molar-refractivity contribution < 1.29 is 51.5 Å². The number of thioether (sulfide) groups is 1. The number of anilines is 1. The summed E-state index contributed by atoms with van der Waals surface area (Å²) in [5, 5.41) is 10.1. The number of nitrogens with zero attached hydrogens (tertiary/aromatic N) is 2. The number of aliphatic hydroxyl groups excluding tert-OH is 1. The monoisotopic (exact) mass is 513 g/mol. The Morgan fingerprint density at radius 3 is 2.33 bits per heavy atom. The molecule has 1 rings (SSSR count). The second-order valence-corrected chi connectivity index (χ2v) is 11.1. The molecule has 0 aliphatic heterocycles. The van der Waals surface area contributed by atoms with Crippen molar-refractivity contribution in [2.75, 3.05) is 24.3 Å². The number of phosphoric acid groups is 3. The van der Waals surface area contributed by atoms with Gasteiger partial charge in [0.1, 0.15) is 12.0 Å². The normalized spacial score (nSPS) is 18.3. The predicted octanol–water partition coefficient (Wildman–Crippen LogP) is 0.419. The topological polar surface area (TPSA) is 241 Å². The lowest BCUT2D eigenvalue weighted by atomic mass is 10.1. The molecule has 0 amide bonds. The second kappa shape index (κ2) is 11.3. The van der Waals surface area contributed by atoms with E-state index in [1.165, 1.54) is 24.0 Å². The van der Waals surface area contributed by atoms with E-state index in [2.05, 4.69) is 18.1 Å². The first-order valence-corrected chi connectivity index (χ1v) is 13.9. The number of hydrogen-bond donors (Lipinski definition) is 6. The maximum atomic E-state index is 11.8. The van der Waals surface area contributed by atoms with Crippen molar-refractivity contribution in [3.8, 4) is 0 Å². The quantitative estimate of drug-likeness (QED) is 0.196. The van der Waals surface area contributed by atoms with E-state index in [1.807, 2.05) is 0 Å². The molecule has 0 radical (unpaired) electrons. The van der Waals surface area contributed by atoms with E-state index in [0.717, 1.165) is 4.57 Å². The zero-order valence-corrected chi connectivity index (χ0v) is 19.0. The van der Waals surface area contributed by atoms with Gasteiger partial charge in [0.25, 0.3) is 0 Å². The lowest BCUT2D eigenvalue weighted by Gasteiger charge is -2.21. The summed E-state index contributed by atoms with van der Waals surface area (Å²) < 4.78 is 46.5. The fourth-order valence-electron chi connectivity index (χ4n) is 2.13. The highest BCUT2D eigenvalue weighted by Gasteiger charge is 2.40. The summed E-state index contributed by atoms with van der Waals surface area (Å²) in [6, 6.07) is 1.32. The smallest absolute Gasteiger partial charge is 0.383 e. The van der Waals surface area contributed by atoms with Gasteiger partial charge in [-0.05, 0) is 36.8 Å². The van der Waals surface area contributed by atoms with Crippen LogP contribution in [0.2, 0.25) is 0 Å². The van der Waals surface area contributed by atoms with Crippen LogP contribution >= 0.6 is 35.2 Å². The predicted molar refractivity (Wildman–Crippen MR) is 105 cm³/mol. The van der Waals surface area contributed by atoms with Crippen LogP contribution in [-0.2, 0) is 26.8 Å². The third-order valence-corrected chi connectivity index (χ3v) is 7.90. The lowest BCUT2D eigenvalue weighted by Crippen LogP contribution is -2.27. The summed E-state index contributed by atoms with van der Waals surface area (Å²) in [7, 11) is -16.3.